The van der Waals surface area contributed by atoms with E-state index in [0.29, 0.717) is 12.4 Å². The molecule has 1 aliphatic heterocycles. The van der Waals surface area contributed by atoms with Crippen LogP contribution in [0.3, 0.4) is 0 Å². The number of amides is 1. The van der Waals surface area contributed by atoms with Crippen molar-refractivity contribution in [1.82, 2.24) is 19.9 Å². The van der Waals surface area contributed by atoms with Gasteiger partial charge in [-0.3, -0.25) is 9.59 Å². The highest BCUT2D eigenvalue weighted by molar-refractivity contribution is 7.09. The Morgan fingerprint density at radius 2 is 2.08 bits per heavy atom. The van der Waals surface area contributed by atoms with Crippen LogP contribution in [0.5, 0.6) is 0 Å². The number of likely N-dealkylation sites (tertiary alicyclic amines) is 1. The van der Waals surface area contributed by atoms with E-state index < -0.39 is 5.56 Å². The molecular weight excluding hydrogens is 348 g/mol. The minimum absolute atomic E-state index is 0.0568. The van der Waals surface area contributed by atoms with Crippen molar-refractivity contribution in [3.05, 3.63) is 68.5 Å². The topological polar surface area (TPSA) is 79.0 Å². The van der Waals surface area contributed by atoms with E-state index >= 15 is 0 Å². The van der Waals surface area contributed by atoms with Crippen LogP contribution in [0.15, 0.2) is 46.8 Å². The molecule has 1 atom stereocenters. The lowest BCUT2D eigenvalue weighted by molar-refractivity contribution is 0.0733. The summed E-state index contributed by atoms with van der Waals surface area (Å²) < 4.78 is 0. The zero-order valence-corrected chi connectivity index (χ0v) is 15.1. The number of carbonyl (C=O) groups excluding carboxylic acids is 1. The molecule has 1 fully saturated rings. The van der Waals surface area contributed by atoms with Gasteiger partial charge in [0.15, 0.2) is 0 Å². The minimum atomic E-state index is -0.412. The maximum Gasteiger partial charge on any atom is 0.264 e. The molecule has 1 saturated heterocycles. The zero-order chi connectivity index (χ0) is 18.1. The summed E-state index contributed by atoms with van der Waals surface area (Å²) in [5.41, 5.74) is 1.60. The first-order valence-corrected chi connectivity index (χ1v) is 9.38. The summed E-state index contributed by atoms with van der Waals surface area (Å²) in [6.45, 7) is 2.62. The van der Waals surface area contributed by atoms with Crippen molar-refractivity contribution in [2.45, 2.75) is 25.8 Å². The third-order valence-corrected chi connectivity index (χ3v) is 5.48. The predicted octanol–water partition coefficient (Wildman–Crippen LogP) is 3.18. The molecule has 0 aliphatic carbocycles. The van der Waals surface area contributed by atoms with Crippen molar-refractivity contribution in [3.8, 4) is 11.4 Å². The van der Waals surface area contributed by atoms with Gasteiger partial charge in [-0.2, -0.15) is 0 Å². The first-order chi connectivity index (χ1) is 12.6. The van der Waals surface area contributed by atoms with E-state index in [-0.39, 0.29) is 17.5 Å². The van der Waals surface area contributed by atoms with Gasteiger partial charge in [-0.15, -0.1) is 11.3 Å². The summed E-state index contributed by atoms with van der Waals surface area (Å²) in [6.07, 6.45) is 4.90. The van der Waals surface area contributed by atoms with Crippen molar-refractivity contribution < 1.29 is 4.79 Å². The van der Waals surface area contributed by atoms with Crippen LogP contribution in [-0.4, -0.2) is 32.3 Å². The molecule has 6 nitrogen and oxygen atoms in total. The van der Waals surface area contributed by atoms with Gasteiger partial charge in [-0.1, -0.05) is 29.8 Å². The van der Waals surface area contributed by atoms with Gasteiger partial charge in [-0.25, -0.2) is 9.97 Å². The van der Waals surface area contributed by atoms with Crippen LogP contribution >= 0.6 is 11.3 Å². The molecule has 7 heteroatoms. The van der Waals surface area contributed by atoms with Crippen LogP contribution in [0.2, 0.25) is 0 Å². The van der Waals surface area contributed by atoms with E-state index in [1.165, 1.54) is 17.5 Å². The summed E-state index contributed by atoms with van der Waals surface area (Å²) in [7, 11) is 0. The number of H-pyrrole nitrogens is 1. The molecule has 26 heavy (non-hydrogen) atoms. The molecule has 3 heterocycles. The SMILES string of the molecule is Cc1ccc(-c2ncc(C(=O)N3CCCC3c3nccs3)c(=O)[nH]2)cc1. The van der Waals surface area contributed by atoms with Crippen LogP contribution in [0.25, 0.3) is 11.4 Å². The van der Waals surface area contributed by atoms with Gasteiger partial charge in [0.2, 0.25) is 0 Å². The standard InChI is InChI=1S/C19H18N4O2S/c1-12-4-6-13(7-5-12)16-21-11-14(17(24)22-16)19(25)23-9-2-3-15(23)18-20-8-10-26-18/h4-8,10-11,15H,2-3,9H2,1H3,(H,21,22,24). The van der Waals surface area contributed by atoms with Crippen LogP contribution in [0.1, 0.15) is 39.8 Å². The Labute approximate surface area is 154 Å². The van der Waals surface area contributed by atoms with Crippen LogP contribution in [0, 0.1) is 6.92 Å². The van der Waals surface area contributed by atoms with E-state index in [1.807, 2.05) is 36.6 Å². The second kappa shape index (κ2) is 6.84. The molecule has 1 N–H and O–H groups in total. The molecule has 1 unspecified atom stereocenters. The number of nitrogens with one attached hydrogen (secondary N) is 1. The highest BCUT2D eigenvalue weighted by atomic mass is 32.1. The first-order valence-electron chi connectivity index (χ1n) is 8.50. The molecule has 1 aliphatic rings. The summed E-state index contributed by atoms with van der Waals surface area (Å²) in [4.78, 5) is 38.5. The Bertz CT molecular complexity index is 980. The highest BCUT2D eigenvalue weighted by Gasteiger charge is 2.33. The van der Waals surface area contributed by atoms with Crippen molar-refractivity contribution in [2.75, 3.05) is 6.54 Å². The monoisotopic (exact) mass is 366 g/mol. The number of rotatable bonds is 3. The smallest absolute Gasteiger partial charge is 0.264 e. The average molecular weight is 366 g/mol. The lowest BCUT2D eigenvalue weighted by atomic mass is 10.1. The molecule has 0 bridgehead atoms. The van der Waals surface area contributed by atoms with Crippen LogP contribution in [0.4, 0.5) is 0 Å². The molecule has 0 radical (unpaired) electrons. The number of aryl methyl sites for hydroxylation is 1. The Morgan fingerprint density at radius 1 is 1.27 bits per heavy atom. The van der Waals surface area contributed by atoms with Crippen molar-refractivity contribution in [2.24, 2.45) is 0 Å². The van der Waals surface area contributed by atoms with Gasteiger partial charge < -0.3 is 9.88 Å². The maximum atomic E-state index is 12.9. The third kappa shape index (κ3) is 3.06. The second-order valence-electron chi connectivity index (χ2n) is 6.37. The highest BCUT2D eigenvalue weighted by Crippen LogP contribution is 2.33. The molecule has 0 spiro atoms. The van der Waals surface area contributed by atoms with Crippen molar-refractivity contribution >= 4 is 17.2 Å². The molecule has 1 amide bonds. The van der Waals surface area contributed by atoms with Gasteiger partial charge in [0.25, 0.3) is 11.5 Å². The number of benzene rings is 1. The Hall–Kier alpha value is -2.80. The predicted molar refractivity (Wildman–Crippen MR) is 100 cm³/mol. The fraction of sp³-hybridized carbons (Fsp3) is 0.263. The normalized spacial score (nSPS) is 16.8. The number of aromatic nitrogens is 3. The lowest BCUT2D eigenvalue weighted by Gasteiger charge is -2.22. The van der Waals surface area contributed by atoms with Crippen LogP contribution < -0.4 is 5.56 Å². The zero-order valence-electron chi connectivity index (χ0n) is 14.3. The number of nitrogens with zero attached hydrogens (tertiary/aromatic N) is 3. The number of hydrogen-bond acceptors (Lipinski definition) is 5. The summed E-state index contributed by atoms with van der Waals surface area (Å²) >= 11 is 1.54. The molecular formula is C19H18N4O2S. The summed E-state index contributed by atoms with van der Waals surface area (Å²) in [6, 6.07) is 7.65. The van der Waals surface area contributed by atoms with E-state index in [4.69, 9.17) is 0 Å². The average Bonchev–Trinajstić information content (AvgIpc) is 3.33. The van der Waals surface area contributed by atoms with Crippen molar-refractivity contribution in [3.63, 3.8) is 0 Å². The van der Waals surface area contributed by atoms with E-state index in [2.05, 4.69) is 15.0 Å². The molecule has 3 aromatic rings. The third-order valence-electron chi connectivity index (χ3n) is 4.60. The summed E-state index contributed by atoms with van der Waals surface area (Å²) in [5, 5.41) is 2.82. The van der Waals surface area contributed by atoms with Crippen molar-refractivity contribution in [1.29, 1.82) is 0 Å². The molecule has 2 aromatic heterocycles. The second-order valence-corrected chi connectivity index (χ2v) is 7.29. The van der Waals surface area contributed by atoms with Gasteiger partial charge in [0.05, 0.1) is 6.04 Å². The molecule has 132 valence electrons. The van der Waals surface area contributed by atoms with E-state index in [9.17, 15) is 9.59 Å². The lowest BCUT2D eigenvalue weighted by Crippen LogP contribution is -2.34. The van der Waals surface area contributed by atoms with Gasteiger partial charge in [0.1, 0.15) is 16.4 Å². The molecule has 0 saturated carbocycles. The van der Waals surface area contributed by atoms with E-state index in [1.54, 1.807) is 11.1 Å². The largest absolute Gasteiger partial charge is 0.329 e. The molecule has 4 rings (SSSR count). The number of aromatic amines is 1. The number of hydrogen-bond donors (Lipinski definition) is 1. The summed E-state index contributed by atoms with van der Waals surface area (Å²) in [5.74, 6) is 0.177. The fourth-order valence-corrected chi connectivity index (χ4v) is 4.01. The van der Waals surface area contributed by atoms with Crippen LogP contribution in [-0.2, 0) is 0 Å². The Balaban J connectivity index is 1.62. The maximum absolute atomic E-state index is 12.9. The Kier molecular flexibility index (Phi) is 4.38. The van der Waals surface area contributed by atoms with Gasteiger partial charge >= 0.3 is 0 Å². The van der Waals surface area contributed by atoms with E-state index in [0.717, 1.165) is 29.0 Å². The first kappa shape index (κ1) is 16.7. The van der Waals surface area contributed by atoms with Gasteiger partial charge in [0, 0.05) is 29.9 Å². The number of thiazole rings is 1. The fourth-order valence-electron chi connectivity index (χ4n) is 3.23. The molecule has 1 aromatic carbocycles. The minimum Gasteiger partial charge on any atom is -0.329 e. The quantitative estimate of drug-likeness (QED) is 0.772. The number of carbonyl (C=O) groups is 1. The Morgan fingerprint density at radius 3 is 2.77 bits per heavy atom. The van der Waals surface area contributed by atoms with Gasteiger partial charge in [-0.05, 0) is 19.8 Å².